The molecule has 0 N–H and O–H groups in total. The molecule has 3 aliphatic rings. The number of ether oxygens (including phenoxy) is 2. The minimum atomic E-state index is -0.0302. The van der Waals surface area contributed by atoms with Crippen LogP contribution in [0.3, 0.4) is 0 Å². The fourth-order valence-electron chi connectivity index (χ4n) is 4.12. The number of furan rings is 1. The monoisotopic (exact) mass is 341 g/mol. The molecule has 25 heavy (non-hydrogen) atoms. The van der Waals surface area contributed by atoms with Gasteiger partial charge in [0.1, 0.15) is 11.7 Å². The fourth-order valence-corrected chi connectivity index (χ4v) is 4.12. The van der Waals surface area contributed by atoms with Gasteiger partial charge in [0.25, 0.3) is 5.91 Å². The van der Waals surface area contributed by atoms with Crippen molar-refractivity contribution in [2.24, 2.45) is 5.92 Å². The number of para-hydroxylation sites is 1. The lowest BCUT2D eigenvalue weighted by Gasteiger charge is -2.38. The zero-order chi connectivity index (χ0) is 16.8. The van der Waals surface area contributed by atoms with Crippen LogP contribution in [0, 0.1) is 5.92 Å². The lowest BCUT2D eigenvalue weighted by atomic mass is 10.1. The van der Waals surface area contributed by atoms with E-state index < -0.39 is 0 Å². The van der Waals surface area contributed by atoms with Gasteiger partial charge in [-0.3, -0.25) is 4.79 Å². The van der Waals surface area contributed by atoms with Crippen molar-refractivity contribution in [1.82, 2.24) is 4.90 Å². The van der Waals surface area contributed by atoms with E-state index >= 15 is 0 Å². The van der Waals surface area contributed by atoms with Crippen LogP contribution in [0.25, 0.3) is 11.0 Å². The molecule has 2 aromatic rings. The molecule has 1 aromatic carbocycles. The number of benzene rings is 1. The molecule has 132 valence electrons. The third kappa shape index (κ3) is 2.85. The number of carbonyl (C=O) groups is 1. The molecule has 0 spiro atoms. The molecule has 3 atom stereocenters. The molecule has 0 radical (unpaired) electrons. The summed E-state index contributed by atoms with van der Waals surface area (Å²) in [6.07, 6.45) is 4.60. The van der Waals surface area contributed by atoms with E-state index in [1.165, 1.54) is 12.8 Å². The Balaban J connectivity index is 1.33. The summed E-state index contributed by atoms with van der Waals surface area (Å²) < 4.78 is 17.9. The summed E-state index contributed by atoms with van der Waals surface area (Å²) >= 11 is 0. The maximum atomic E-state index is 13.0. The number of carbonyl (C=O) groups excluding carboxylic acids is 1. The SMILES string of the molecule is O=C(c1cc2ccccc2o1)N1CCO[C@H]2[C@H](OCC3CC3)CC[C@@H]21. The number of hydrogen-bond acceptors (Lipinski definition) is 4. The van der Waals surface area contributed by atoms with Crippen molar-refractivity contribution < 1.29 is 18.7 Å². The first-order valence-corrected chi connectivity index (χ1v) is 9.32. The Morgan fingerprint density at radius 3 is 2.92 bits per heavy atom. The Kier molecular flexibility index (Phi) is 3.79. The first-order valence-electron chi connectivity index (χ1n) is 9.32. The molecular weight excluding hydrogens is 318 g/mol. The van der Waals surface area contributed by atoms with Crippen LogP contribution < -0.4 is 0 Å². The third-order valence-corrected chi connectivity index (χ3v) is 5.68. The molecule has 1 saturated heterocycles. The minimum absolute atomic E-state index is 0.000767. The number of nitrogens with zero attached hydrogens (tertiary/aromatic N) is 1. The van der Waals surface area contributed by atoms with Crippen molar-refractivity contribution in [1.29, 1.82) is 0 Å². The maximum absolute atomic E-state index is 13.0. The summed E-state index contributed by atoms with van der Waals surface area (Å²) in [6, 6.07) is 9.68. The summed E-state index contributed by atoms with van der Waals surface area (Å²) in [7, 11) is 0. The summed E-state index contributed by atoms with van der Waals surface area (Å²) in [5, 5.41) is 0.965. The topological polar surface area (TPSA) is 51.9 Å². The average Bonchev–Trinajstić information content (AvgIpc) is 3.22. The van der Waals surface area contributed by atoms with Gasteiger partial charge in [-0.05, 0) is 43.7 Å². The van der Waals surface area contributed by atoms with Gasteiger partial charge in [-0.25, -0.2) is 0 Å². The molecule has 1 aliphatic heterocycles. The second-order valence-corrected chi connectivity index (χ2v) is 7.44. The Labute approximate surface area is 146 Å². The normalized spacial score (nSPS) is 29.1. The minimum Gasteiger partial charge on any atom is -0.451 e. The van der Waals surface area contributed by atoms with Gasteiger partial charge >= 0.3 is 0 Å². The fraction of sp³-hybridized carbons (Fsp3) is 0.550. The van der Waals surface area contributed by atoms with Crippen molar-refractivity contribution in [3.05, 3.63) is 36.1 Å². The number of hydrogen-bond donors (Lipinski definition) is 0. The van der Waals surface area contributed by atoms with E-state index in [2.05, 4.69) is 0 Å². The van der Waals surface area contributed by atoms with E-state index in [4.69, 9.17) is 13.9 Å². The zero-order valence-electron chi connectivity index (χ0n) is 14.2. The van der Waals surface area contributed by atoms with Crippen LogP contribution in [0.1, 0.15) is 36.2 Å². The first kappa shape index (κ1) is 15.4. The standard InChI is InChI=1S/C20H23NO4/c22-20(18-11-14-3-1-2-4-16(14)25-18)21-9-10-23-19-15(21)7-8-17(19)24-12-13-5-6-13/h1-4,11,13,15,17,19H,5-10,12H2/t15-,17+,19+/m0/s1. The van der Waals surface area contributed by atoms with Gasteiger partial charge in [0, 0.05) is 18.5 Å². The molecule has 0 bridgehead atoms. The van der Waals surface area contributed by atoms with Gasteiger partial charge in [0.15, 0.2) is 5.76 Å². The van der Waals surface area contributed by atoms with Crippen molar-refractivity contribution >= 4 is 16.9 Å². The number of rotatable bonds is 4. The molecule has 1 amide bonds. The lowest BCUT2D eigenvalue weighted by Crippen LogP contribution is -2.53. The van der Waals surface area contributed by atoms with E-state index in [0.717, 1.165) is 36.3 Å². The van der Waals surface area contributed by atoms with Crippen LogP contribution in [0.2, 0.25) is 0 Å². The summed E-state index contributed by atoms with van der Waals surface area (Å²) in [5.41, 5.74) is 0.757. The first-order chi connectivity index (χ1) is 12.3. The van der Waals surface area contributed by atoms with Gasteiger partial charge in [-0.15, -0.1) is 0 Å². The molecular formula is C20H23NO4. The van der Waals surface area contributed by atoms with E-state index in [-0.39, 0.29) is 24.2 Å². The van der Waals surface area contributed by atoms with Crippen LogP contribution in [0.15, 0.2) is 34.7 Å². The van der Waals surface area contributed by atoms with Gasteiger partial charge in [-0.2, -0.15) is 0 Å². The molecule has 5 rings (SSSR count). The van der Waals surface area contributed by atoms with Crippen LogP contribution in [-0.2, 0) is 9.47 Å². The second kappa shape index (κ2) is 6.15. The predicted octanol–water partition coefficient (Wildman–Crippen LogP) is 3.23. The zero-order valence-corrected chi connectivity index (χ0v) is 14.2. The third-order valence-electron chi connectivity index (χ3n) is 5.68. The number of fused-ring (bicyclic) bond motifs is 2. The predicted molar refractivity (Wildman–Crippen MR) is 92.5 cm³/mol. The molecule has 1 aromatic heterocycles. The van der Waals surface area contributed by atoms with Crippen LogP contribution in [-0.4, -0.2) is 48.8 Å². The molecule has 2 aliphatic carbocycles. The Hall–Kier alpha value is -1.85. The van der Waals surface area contributed by atoms with Gasteiger partial charge in [0.05, 0.1) is 18.8 Å². The Bertz CT molecular complexity index is 748. The Morgan fingerprint density at radius 1 is 1.20 bits per heavy atom. The molecule has 0 unspecified atom stereocenters. The summed E-state index contributed by atoms with van der Waals surface area (Å²) in [6.45, 7) is 2.03. The lowest BCUT2D eigenvalue weighted by molar-refractivity contribution is -0.106. The van der Waals surface area contributed by atoms with E-state index in [9.17, 15) is 4.79 Å². The smallest absolute Gasteiger partial charge is 0.290 e. The van der Waals surface area contributed by atoms with Crippen molar-refractivity contribution in [2.75, 3.05) is 19.8 Å². The molecule has 2 saturated carbocycles. The van der Waals surface area contributed by atoms with Crippen molar-refractivity contribution in [2.45, 2.75) is 43.9 Å². The van der Waals surface area contributed by atoms with Gasteiger partial charge in [0.2, 0.25) is 0 Å². The highest BCUT2D eigenvalue weighted by Gasteiger charge is 2.46. The van der Waals surface area contributed by atoms with E-state index in [1.807, 2.05) is 35.2 Å². The highest BCUT2D eigenvalue weighted by atomic mass is 16.5. The summed E-state index contributed by atoms with van der Waals surface area (Å²) in [4.78, 5) is 15.0. The highest BCUT2D eigenvalue weighted by Crippen LogP contribution is 2.36. The largest absolute Gasteiger partial charge is 0.451 e. The maximum Gasteiger partial charge on any atom is 0.290 e. The second-order valence-electron chi connectivity index (χ2n) is 7.44. The van der Waals surface area contributed by atoms with Crippen LogP contribution in [0.5, 0.6) is 0 Å². The van der Waals surface area contributed by atoms with Crippen molar-refractivity contribution in [3.8, 4) is 0 Å². The summed E-state index contributed by atoms with van der Waals surface area (Å²) in [5.74, 6) is 1.14. The number of morpholine rings is 1. The van der Waals surface area contributed by atoms with Crippen LogP contribution in [0.4, 0.5) is 0 Å². The quantitative estimate of drug-likeness (QED) is 0.857. The average molecular weight is 341 g/mol. The molecule has 5 nitrogen and oxygen atoms in total. The molecule has 5 heteroatoms. The molecule has 2 heterocycles. The highest BCUT2D eigenvalue weighted by molar-refractivity contribution is 5.96. The van der Waals surface area contributed by atoms with E-state index in [0.29, 0.717) is 18.9 Å². The molecule has 3 fully saturated rings. The van der Waals surface area contributed by atoms with E-state index in [1.54, 1.807) is 0 Å². The number of amides is 1. The van der Waals surface area contributed by atoms with Gasteiger partial charge in [-0.1, -0.05) is 18.2 Å². The van der Waals surface area contributed by atoms with Gasteiger partial charge < -0.3 is 18.8 Å². The Morgan fingerprint density at radius 2 is 2.08 bits per heavy atom. The van der Waals surface area contributed by atoms with Crippen LogP contribution >= 0.6 is 0 Å². The van der Waals surface area contributed by atoms with Crippen molar-refractivity contribution in [3.63, 3.8) is 0 Å².